The molecule has 126 valence electrons. The summed E-state index contributed by atoms with van der Waals surface area (Å²) in [4.78, 5) is 25.2. The minimum Gasteiger partial charge on any atom is -0.361 e. The van der Waals surface area contributed by atoms with Crippen LogP contribution in [0.1, 0.15) is 48.1 Å². The van der Waals surface area contributed by atoms with Gasteiger partial charge < -0.3 is 9.42 Å². The van der Waals surface area contributed by atoms with Crippen LogP contribution < -0.4 is 4.90 Å². The van der Waals surface area contributed by atoms with Crippen LogP contribution in [-0.2, 0) is 11.8 Å². The Morgan fingerprint density at radius 1 is 1.38 bits per heavy atom. The topological polar surface area (TPSA) is 89.5 Å². The molecule has 0 unspecified atom stereocenters. The predicted octanol–water partition coefficient (Wildman–Crippen LogP) is 3.39. The van der Waals surface area contributed by atoms with E-state index in [4.69, 9.17) is 4.52 Å². The lowest BCUT2D eigenvalue weighted by molar-refractivity contribution is -0.384. The van der Waals surface area contributed by atoms with E-state index in [1.165, 1.54) is 12.1 Å². The molecule has 0 fully saturated rings. The zero-order valence-electron chi connectivity index (χ0n) is 14.1. The number of anilines is 1. The van der Waals surface area contributed by atoms with Crippen molar-refractivity contribution in [3.8, 4) is 0 Å². The maximum Gasteiger partial charge on any atom is 0.271 e. The fraction of sp³-hybridized carbons (Fsp3) is 0.412. The van der Waals surface area contributed by atoms with Gasteiger partial charge in [0.15, 0.2) is 0 Å². The number of benzene rings is 1. The smallest absolute Gasteiger partial charge is 0.271 e. The third-order valence-corrected chi connectivity index (χ3v) is 4.21. The second kappa shape index (κ2) is 5.43. The highest BCUT2D eigenvalue weighted by Crippen LogP contribution is 2.35. The summed E-state index contributed by atoms with van der Waals surface area (Å²) in [6, 6.07) is 4.64. The molecule has 1 aromatic carbocycles. The number of hydrogen-bond acceptors (Lipinski definition) is 5. The first-order valence-electron chi connectivity index (χ1n) is 7.76. The molecule has 1 aliphatic heterocycles. The molecule has 0 bridgehead atoms. The fourth-order valence-corrected chi connectivity index (χ4v) is 2.96. The molecule has 1 aliphatic rings. The molecule has 1 aromatic heterocycles. The molecule has 2 aromatic rings. The summed E-state index contributed by atoms with van der Waals surface area (Å²) in [6.45, 7) is 8.08. The standard InChI is InChI=1S/C17H19N3O4/c1-10-14(15(18-24-10)17(2,3)4)16(21)19-8-7-11-5-6-12(20(22)23)9-13(11)19/h5-6,9H,7-8H2,1-4H3. The molecule has 7 heteroatoms. The first-order valence-corrected chi connectivity index (χ1v) is 7.76. The lowest BCUT2D eigenvalue weighted by atomic mass is 9.88. The van der Waals surface area contributed by atoms with Gasteiger partial charge in [0.25, 0.3) is 11.6 Å². The van der Waals surface area contributed by atoms with Gasteiger partial charge in [-0.25, -0.2) is 0 Å². The van der Waals surface area contributed by atoms with Crippen LogP contribution >= 0.6 is 0 Å². The van der Waals surface area contributed by atoms with Crippen LogP contribution in [0, 0.1) is 17.0 Å². The van der Waals surface area contributed by atoms with Crippen molar-refractivity contribution in [3.05, 3.63) is 50.9 Å². The molecule has 0 saturated heterocycles. The molecular formula is C17H19N3O4. The number of aromatic nitrogens is 1. The van der Waals surface area contributed by atoms with Crippen molar-refractivity contribution in [2.75, 3.05) is 11.4 Å². The molecule has 0 saturated carbocycles. The molecule has 0 atom stereocenters. The first kappa shape index (κ1) is 16.2. The first-order chi connectivity index (χ1) is 11.2. The Morgan fingerprint density at radius 2 is 2.08 bits per heavy atom. The van der Waals surface area contributed by atoms with Gasteiger partial charge in [-0.05, 0) is 18.9 Å². The second-order valence-electron chi connectivity index (χ2n) is 6.99. The largest absolute Gasteiger partial charge is 0.361 e. The molecule has 0 spiro atoms. The Morgan fingerprint density at radius 3 is 2.71 bits per heavy atom. The summed E-state index contributed by atoms with van der Waals surface area (Å²) in [5.74, 6) is 0.238. The minimum atomic E-state index is -0.452. The van der Waals surface area contributed by atoms with E-state index in [1.54, 1.807) is 17.9 Å². The number of hydrogen-bond donors (Lipinski definition) is 0. The number of non-ortho nitro benzene ring substituents is 1. The summed E-state index contributed by atoms with van der Waals surface area (Å²) in [6.07, 6.45) is 0.675. The van der Waals surface area contributed by atoms with Crippen LogP contribution in [0.25, 0.3) is 0 Å². The van der Waals surface area contributed by atoms with Crippen molar-refractivity contribution in [1.82, 2.24) is 5.16 Å². The van der Waals surface area contributed by atoms with Crippen molar-refractivity contribution in [1.29, 1.82) is 0 Å². The summed E-state index contributed by atoms with van der Waals surface area (Å²) < 4.78 is 5.25. The molecular weight excluding hydrogens is 310 g/mol. The van der Waals surface area contributed by atoms with Gasteiger partial charge in [0.1, 0.15) is 17.0 Å². The van der Waals surface area contributed by atoms with Gasteiger partial charge in [0, 0.05) is 24.1 Å². The van der Waals surface area contributed by atoms with Gasteiger partial charge in [0.05, 0.1) is 10.6 Å². The summed E-state index contributed by atoms with van der Waals surface area (Å²) in [5, 5.41) is 15.1. The number of carbonyl (C=O) groups is 1. The zero-order chi connectivity index (χ0) is 17.6. The fourth-order valence-electron chi connectivity index (χ4n) is 2.96. The highest BCUT2D eigenvalue weighted by molar-refractivity contribution is 6.08. The average molecular weight is 329 g/mol. The Labute approximate surface area is 139 Å². The van der Waals surface area contributed by atoms with Crippen molar-refractivity contribution < 1.29 is 14.2 Å². The normalized spacial score (nSPS) is 13.9. The van der Waals surface area contributed by atoms with Gasteiger partial charge in [-0.15, -0.1) is 0 Å². The van der Waals surface area contributed by atoms with E-state index < -0.39 is 4.92 Å². The number of nitro groups is 1. The molecule has 3 rings (SSSR count). The number of rotatable bonds is 2. The summed E-state index contributed by atoms with van der Waals surface area (Å²) in [5.41, 5.74) is 2.21. The lowest BCUT2D eigenvalue weighted by Gasteiger charge is -2.21. The number of nitro benzene ring substituents is 1. The van der Waals surface area contributed by atoms with Gasteiger partial charge in [-0.3, -0.25) is 14.9 Å². The van der Waals surface area contributed by atoms with Gasteiger partial charge >= 0.3 is 0 Å². The van der Waals surface area contributed by atoms with E-state index in [0.717, 1.165) is 5.56 Å². The molecule has 7 nitrogen and oxygen atoms in total. The van der Waals surface area contributed by atoms with Crippen LogP contribution in [0.3, 0.4) is 0 Å². The third kappa shape index (κ3) is 2.55. The van der Waals surface area contributed by atoms with Crippen molar-refractivity contribution in [2.45, 2.75) is 39.5 Å². The predicted molar refractivity (Wildman–Crippen MR) is 88.4 cm³/mol. The van der Waals surface area contributed by atoms with Crippen molar-refractivity contribution in [2.24, 2.45) is 0 Å². The van der Waals surface area contributed by atoms with Crippen LogP contribution in [0.15, 0.2) is 22.7 Å². The Kier molecular flexibility index (Phi) is 3.66. The van der Waals surface area contributed by atoms with E-state index in [2.05, 4.69) is 5.16 Å². The maximum atomic E-state index is 13.1. The molecule has 0 N–H and O–H groups in total. The number of fused-ring (bicyclic) bond motifs is 1. The molecule has 2 heterocycles. The Balaban J connectivity index is 2.05. The van der Waals surface area contributed by atoms with E-state index in [-0.39, 0.29) is 17.0 Å². The third-order valence-electron chi connectivity index (χ3n) is 4.21. The minimum absolute atomic E-state index is 0.0217. The maximum absolute atomic E-state index is 13.1. The lowest BCUT2D eigenvalue weighted by Crippen LogP contribution is -2.31. The summed E-state index contributed by atoms with van der Waals surface area (Å²) >= 11 is 0. The Bertz CT molecular complexity index is 833. The average Bonchev–Trinajstić information content (AvgIpc) is 3.08. The van der Waals surface area contributed by atoms with Gasteiger partial charge in [-0.1, -0.05) is 32.0 Å². The number of carbonyl (C=O) groups excluding carboxylic acids is 1. The van der Waals surface area contributed by atoms with Crippen LogP contribution in [0.5, 0.6) is 0 Å². The molecule has 0 radical (unpaired) electrons. The molecule has 24 heavy (non-hydrogen) atoms. The van der Waals surface area contributed by atoms with Gasteiger partial charge in [0.2, 0.25) is 0 Å². The van der Waals surface area contributed by atoms with E-state index >= 15 is 0 Å². The van der Waals surface area contributed by atoms with E-state index in [9.17, 15) is 14.9 Å². The molecule has 1 amide bonds. The van der Waals surface area contributed by atoms with Crippen LogP contribution in [0.4, 0.5) is 11.4 Å². The van der Waals surface area contributed by atoms with Crippen LogP contribution in [-0.4, -0.2) is 22.5 Å². The summed E-state index contributed by atoms with van der Waals surface area (Å²) in [7, 11) is 0. The van der Waals surface area contributed by atoms with Crippen molar-refractivity contribution in [3.63, 3.8) is 0 Å². The second-order valence-corrected chi connectivity index (χ2v) is 6.99. The number of aryl methyl sites for hydroxylation is 1. The quantitative estimate of drug-likeness (QED) is 0.622. The van der Waals surface area contributed by atoms with Crippen molar-refractivity contribution >= 4 is 17.3 Å². The van der Waals surface area contributed by atoms with E-state index in [1.807, 2.05) is 20.8 Å². The zero-order valence-corrected chi connectivity index (χ0v) is 14.1. The SMILES string of the molecule is Cc1onc(C(C)(C)C)c1C(=O)N1CCc2ccc([N+](=O)[O-])cc21. The highest BCUT2D eigenvalue weighted by atomic mass is 16.6. The Hall–Kier alpha value is -2.70. The van der Waals surface area contributed by atoms with Gasteiger partial charge in [-0.2, -0.15) is 0 Å². The van der Waals surface area contributed by atoms with Crippen LogP contribution in [0.2, 0.25) is 0 Å². The highest BCUT2D eigenvalue weighted by Gasteiger charge is 2.34. The van der Waals surface area contributed by atoms with E-state index in [0.29, 0.717) is 35.7 Å². The number of amides is 1. The molecule has 0 aliphatic carbocycles. The number of nitrogens with zero attached hydrogens (tertiary/aromatic N) is 3. The monoisotopic (exact) mass is 329 g/mol.